The van der Waals surface area contributed by atoms with Crippen LogP contribution < -0.4 is 0 Å². The number of aromatic nitrogens is 1. The van der Waals surface area contributed by atoms with E-state index >= 15 is 0 Å². The average molecular weight is 301 g/mol. The fourth-order valence-electron chi connectivity index (χ4n) is 2.02. The van der Waals surface area contributed by atoms with Gasteiger partial charge in [0.05, 0.1) is 4.92 Å². The third kappa shape index (κ3) is 2.64. The lowest BCUT2D eigenvalue weighted by Gasteiger charge is -2.01. The molecule has 0 amide bonds. The van der Waals surface area contributed by atoms with Crippen LogP contribution in [0.15, 0.2) is 59.0 Å². The van der Waals surface area contributed by atoms with Crippen LogP contribution in [0.4, 0.5) is 5.69 Å². The molecular formula is C15H9ClN2O3. The predicted molar refractivity (Wildman–Crippen MR) is 79.0 cm³/mol. The van der Waals surface area contributed by atoms with Crippen LogP contribution in [-0.2, 0) is 0 Å². The molecule has 6 heteroatoms. The van der Waals surface area contributed by atoms with Gasteiger partial charge in [0.15, 0.2) is 5.76 Å². The Morgan fingerprint density at radius 2 is 1.67 bits per heavy atom. The van der Waals surface area contributed by atoms with Gasteiger partial charge in [-0.15, -0.1) is 0 Å². The summed E-state index contributed by atoms with van der Waals surface area (Å²) in [5.74, 6) is 0.487. The molecule has 2 aromatic carbocycles. The summed E-state index contributed by atoms with van der Waals surface area (Å²) < 4.78 is 5.44. The molecule has 0 unspecified atom stereocenters. The van der Waals surface area contributed by atoms with Crippen molar-refractivity contribution in [3.8, 4) is 22.6 Å². The lowest BCUT2D eigenvalue weighted by molar-refractivity contribution is -0.384. The van der Waals surface area contributed by atoms with E-state index in [0.29, 0.717) is 17.0 Å². The first kappa shape index (κ1) is 13.3. The molecule has 1 heterocycles. The lowest BCUT2D eigenvalue weighted by atomic mass is 10.1. The standard InChI is InChI=1S/C15H9ClN2O3/c16-15-17-13(10-4-2-1-3-5-10)14(21-15)11-6-8-12(9-7-11)18(19)20/h1-9H. The van der Waals surface area contributed by atoms with Crippen molar-refractivity contribution >= 4 is 17.3 Å². The van der Waals surface area contributed by atoms with Gasteiger partial charge in [0.25, 0.3) is 11.0 Å². The number of nitro groups is 1. The minimum Gasteiger partial charge on any atom is -0.427 e. The topological polar surface area (TPSA) is 69.2 Å². The fourth-order valence-corrected chi connectivity index (χ4v) is 2.18. The van der Waals surface area contributed by atoms with Crippen LogP contribution in [0.1, 0.15) is 0 Å². The summed E-state index contributed by atoms with van der Waals surface area (Å²) in [6.07, 6.45) is 0. The predicted octanol–water partition coefficient (Wildman–Crippen LogP) is 4.57. The number of oxazole rings is 1. The maximum Gasteiger partial charge on any atom is 0.293 e. The molecule has 0 saturated carbocycles. The normalized spacial score (nSPS) is 10.5. The molecular weight excluding hydrogens is 292 g/mol. The number of benzene rings is 2. The van der Waals surface area contributed by atoms with Crippen molar-refractivity contribution < 1.29 is 9.34 Å². The fraction of sp³-hybridized carbons (Fsp3) is 0. The van der Waals surface area contributed by atoms with Crippen molar-refractivity contribution in [1.29, 1.82) is 0 Å². The van der Waals surface area contributed by atoms with Crippen LogP contribution in [0.25, 0.3) is 22.6 Å². The monoisotopic (exact) mass is 300 g/mol. The first-order valence-corrected chi connectivity index (χ1v) is 6.49. The number of hydrogen-bond donors (Lipinski definition) is 0. The Balaban J connectivity index is 2.09. The molecule has 3 rings (SSSR count). The Hall–Kier alpha value is -2.66. The van der Waals surface area contributed by atoms with Gasteiger partial charge in [0.1, 0.15) is 5.69 Å². The molecule has 0 spiro atoms. The summed E-state index contributed by atoms with van der Waals surface area (Å²) in [7, 11) is 0. The second-order valence-corrected chi connectivity index (χ2v) is 4.64. The van der Waals surface area contributed by atoms with Gasteiger partial charge in [0, 0.05) is 23.3 Å². The van der Waals surface area contributed by atoms with Gasteiger partial charge in [0.2, 0.25) is 0 Å². The number of hydrogen-bond acceptors (Lipinski definition) is 4. The Morgan fingerprint density at radius 3 is 2.29 bits per heavy atom. The van der Waals surface area contributed by atoms with Crippen LogP contribution >= 0.6 is 11.6 Å². The molecule has 0 aliphatic rings. The maximum absolute atomic E-state index is 10.7. The zero-order valence-corrected chi connectivity index (χ0v) is 11.4. The first-order valence-electron chi connectivity index (χ1n) is 6.12. The molecule has 0 saturated heterocycles. The van der Waals surface area contributed by atoms with Crippen molar-refractivity contribution in [3.05, 3.63) is 70.1 Å². The third-order valence-electron chi connectivity index (χ3n) is 2.99. The van der Waals surface area contributed by atoms with E-state index in [9.17, 15) is 10.1 Å². The van der Waals surface area contributed by atoms with E-state index in [0.717, 1.165) is 5.56 Å². The summed E-state index contributed by atoms with van der Waals surface area (Å²) in [5.41, 5.74) is 2.17. The molecule has 0 aliphatic heterocycles. The van der Waals surface area contributed by atoms with E-state index in [1.54, 1.807) is 12.1 Å². The third-order valence-corrected chi connectivity index (χ3v) is 3.15. The zero-order valence-electron chi connectivity index (χ0n) is 10.7. The number of non-ortho nitro benzene ring substituents is 1. The molecule has 21 heavy (non-hydrogen) atoms. The minimum atomic E-state index is -0.449. The molecule has 3 aromatic rings. The van der Waals surface area contributed by atoms with Crippen molar-refractivity contribution in [2.45, 2.75) is 0 Å². The Kier molecular flexibility index (Phi) is 3.41. The van der Waals surface area contributed by atoms with Crippen LogP contribution in [0.2, 0.25) is 5.35 Å². The van der Waals surface area contributed by atoms with Crippen LogP contribution in [0, 0.1) is 10.1 Å². The maximum atomic E-state index is 10.7. The lowest BCUT2D eigenvalue weighted by Crippen LogP contribution is -1.87. The van der Waals surface area contributed by atoms with Gasteiger partial charge < -0.3 is 4.42 Å². The quantitative estimate of drug-likeness (QED) is 0.525. The minimum absolute atomic E-state index is 0.0191. The smallest absolute Gasteiger partial charge is 0.293 e. The van der Waals surface area contributed by atoms with Crippen LogP contribution in [0.3, 0.4) is 0 Å². The van der Waals surface area contributed by atoms with E-state index in [2.05, 4.69) is 4.98 Å². The van der Waals surface area contributed by atoms with Gasteiger partial charge in [-0.05, 0) is 23.7 Å². The molecule has 0 radical (unpaired) electrons. The first-order chi connectivity index (χ1) is 10.1. The van der Waals surface area contributed by atoms with Gasteiger partial charge >= 0.3 is 0 Å². The Morgan fingerprint density at radius 1 is 1.00 bits per heavy atom. The Labute approximate surface area is 125 Å². The van der Waals surface area contributed by atoms with E-state index in [1.165, 1.54) is 12.1 Å². The number of nitro benzene ring substituents is 1. The van der Waals surface area contributed by atoms with Gasteiger partial charge in [-0.1, -0.05) is 30.3 Å². The van der Waals surface area contributed by atoms with Gasteiger partial charge in [-0.2, -0.15) is 4.98 Å². The second kappa shape index (κ2) is 5.38. The van der Waals surface area contributed by atoms with Crippen molar-refractivity contribution in [1.82, 2.24) is 4.98 Å². The Bertz CT molecular complexity index is 782. The highest BCUT2D eigenvalue weighted by Gasteiger charge is 2.16. The number of rotatable bonds is 3. The molecule has 0 N–H and O–H groups in total. The van der Waals surface area contributed by atoms with E-state index in [4.69, 9.17) is 16.0 Å². The second-order valence-electron chi connectivity index (χ2n) is 4.31. The molecule has 0 bridgehead atoms. The number of nitrogens with zero attached hydrogens (tertiary/aromatic N) is 2. The van der Waals surface area contributed by atoms with Gasteiger partial charge in [-0.25, -0.2) is 0 Å². The molecule has 0 atom stereocenters. The number of halogens is 1. The van der Waals surface area contributed by atoms with Crippen molar-refractivity contribution in [2.24, 2.45) is 0 Å². The van der Waals surface area contributed by atoms with Gasteiger partial charge in [-0.3, -0.25) is 10.1 Å². The summed E-state index contributed by atoms with van der Waals surface area (Å²) >= 11 is 5.86. The zero-order chi connectivity index (χ0) is 14.8. The van der Waals surface area contributed by atoms with Crippen LogP contribution in [0.5, 0.6) is 0 Å². The largest absolute Gasteiger partial charge is 0.427 e. The van der Waals surface area contributed by atoms with Crippen LogP contribution in [-0.4, -0.2) is 9.91 Å². The molecule has 0 fully saturated rings. The van der Waals surface area contributed by atoms with Crippen molar-refractivity contribution in [2.75, 3.05) is 0 Å². The van der Waals surface area contributed by atoms with E-state index < -0.39 is 4.92 Å². The molecule has 1 aromatic heterocycles. The summed E-state index contributed by atoms with van der Waals surface area (Å²) in [6, 6.07) is 15.5. The summed E-state index contributed by atoms with van der Waals surface area (Å²) in [4.78, 5) is 14.4. The molecule has 0 aliphatic carbocycles. The highest BCUT2D eigenvalue weighted by atomic mass is 35.5. The SMILES string of the molecule is O=[N+]([O-])c1ccc(-c2oc(Cl)nc2-c2ccccc2)cc1. The summed E-state index contributed by atoms with van der Waals surface area (Å²) in [6.45, 7) is 0. The highest BCUT2D eigenvalue weighted by molar-refractivity contribution is 6.28. The molecule has 104 valence electrons. The molecule has 5 nitrogen and oxygen atoms in total. The van der Waals surface area contributed by atoms with Crippen molar-refractivity contribution in [3.63, 3.8) is 0 Å². The van der Waals surface area contributed by atoms with E-state index in [-0.39, 0.29) is 11.0 Å². The average Bonchev–Trinajstić information content (AvgIpc) is 2.90. The van der Waals surface area contributed by atoms with E-state index in [1.807, 2.05) is 30.3 Å². The highest BCUT2D eigenvalue weighted by Crippen LogP contribution is 2.34. The summed E-state index contributed by atoms with van der Waals surface area (Å²) in [5, 5.41) is 10.7.